The molecule has 0 fully saturated rings. The van der Waals surface area contributed by atoms with Crippen LogP contribution in [0.25, 0.3) is 4.96 Å². The summed E-state index contributed by atoms with van der Waals surface area (Å²) in [5.41, 5.74) is 7.99. The zero-order chi connectivity index (χ0) is 18.5. The first-order valence-corrected chi connectivity index (χ1v) is 9.58. The Morgan fingerprint density at radius 1 is 1.46 bits per heavy atom. The highest BCUT2D eigenvalue weighted by Gasteiger charge is 2.25. The standard InChI is InChI=1S/C17H23N7OS/c1-17(2,3)13-9-24-16(21-13)26-15(22-24)19-7-10-4-5-23-12(6-10)11(8-20-23)14(18)25/h8-10H,4-7H2,1-3H3,(H2,18,25)(H,19,22)/t10-/m1/s1. The van der Waals surface area contributed by atoms with Gasteiger partial charge in [0, 0.05) is 18.5 Å². The predicted molar refractivity (Wildman–Crippen MR) is 101 cm³/mol. The molecule has 0 bridgehead atoms. The summed E-state index contributed by atoms with van der Waals surface area (Å²) in [7, 11) is 0. The van der Waals surface area contributed by atoms with Gasteiger partial charge in [-0.15, -0.1) is 5.10 Å². The fourth-order valence-corrected chi connectivity index (χ4v) is 4.03. The maximum atomic E-state index is 11.5. The van der Waals surface area contributed by atoms with Crippen LogP contribution in [-0.2, 0) is 18.4 Å². The summed E-state index contributed by atoms with van der Waals surface area (Å²) in [5.74, 6) is 0.00863. The minimum Gasteiger partial charge on any atom is -0.365 e. The van der Waals surface area contributed by atoms with Gasteiger partial charge < -0.3 is 11.1 Å². The number of nitrogens with one attached hydrogen (secondary N) is 1. The van der Waals surface area contributed by atoms with Crippen molar-refractivity contribution in [3.8, 4) is 0 Å². The van der Waals surface area contributed by atoms with E-state index in [1.54, 1.807) is 17.5 Å². The van der Waals surface area contributed by atoms with Gasteiger partial charge in [0.05, 0.1) is 29.3 Å². The number of nitrogens with two attached hydrogens (primary N) is 1. The summed E-state index contributed by atoms with van der Waals surface area (Å²) in [4.78, 5) is 17.1. The van der Waals surface area contributed by atoms with Crippen LogP contribution in [-0.4, -0.2) is 36.8 Å². The average molecular weight is 373 g/mol. The van der Waals surface area contributed by atoms with Gasteiger partial charge in [0.15, 0.2) is 0 Å². The Hall–Kier alpha value is -2.42. The number of carbonyl (C=O) groups excluding carboxylic acids is 1. The zero-order valence-corrected chi connectivity index (χ0v) is 16.0. The average Bonchev–Trinajstić information content (AvgIpc) is 3.23. The van der Waals surface area contributed by atoms with Crippen LogP contribution < -0.4 is 11.1 Å². The lowest BCUT2D eigenvalue weighted by Gasteiger charge is -2.23. The number of hydrogen-bond acceptors (Lipinski definition) is 6. The lowest BCUT2D eigenvalue weighted by molar-refractivity contribution is 0.0998. The van der Waals surface area contributed by atoms with E-state index in [2.05, 4.69) is 41.3 Å². The van der Waals surface area contributed by atoms with Crippen LogP contribution in [0, 0.1) is 5.92 Å². The quantitative estimate of drug-likeness (QED) is 0.729. The summed E-state index contributed by atoms with van der Waals surface area (Å²) in [6, 6.07) is 0. The molecule has 0 saturated heterocycles. The molecule has 3 aromatic heterocycles. The summed E-state index contributed by atoms with van der Waals surface area (Å²) in [5, 5.41) is 13.1. The van der Waals surface area contributed by atoms with Gasteiger partial charge in [-0.2, -0.15) is 5.10 Å². The van der Waals surface area contributed by atoms with Crippen molar-refractivity contribution in [1.29, 1.82) is 0 Å². The van der Waals surface area contributed by atoms with Crippen molar-refractivity contribution in [2.75, 3.05) is 11.9 Å². The Bertz CT molecular complexity index is 930. The fraction of sp³-hybridized carbons (Fsp3) is 0.529. The van der Waals surface area contributed by atoms with Gasteiger partial charge in [-0.25, -0.2) is 9.50 Å². The van der Waals surface area contributed by atoms with E-state index in [0.29, 0.717) is 11.5 Å². The molecule has 0 aliphatic carbocycles. The van der Waals surface area contributed by atoms with Gasteiger partial charge in [-0.1, -0.05) is 32.1 Å². The van der Waals surface area contributed by atoms with Crippen molar-refractivity contribution in [3.05, 3.63) is 29.3 Å². The van der Waals surface area contributed by atoms with E-state index in [4.69, 9.17) is 5.73 Å². The Morgan fingerprint density at radius 3 is 2.96 bits per heavy atom. The predicted octanol–water partition coefficient (Wildman–Crippen LogP) is 2.06. The molecule has 4 rings (SSSR count). The molecule has 1 amide bonds. The van der Waals surface area contributed by atoms with Crippen LogP contribution >= 0.6 is 11.3 Å². The molecule has 0 unspecified atom stereocenters. The third-order valence-corrected chi connectivity index (χ3v) is 5.68. The van der Waals surface area contributed by atoms with E-state index in [-0.39, 0.29) is 5.41 Å². The maximum absolute atomic E-state index is 11.5. The Kier molecular flexibility index (Phi) is 3.98. The molecule has 138 valence electrons. The van der Waals surface area contributed by atoms with Crippen LogP contribution in [0.5, 0.6) is 0 Å². The molecule has 0 aromatic carbocycles. The molecule has 3 N–H and O–H groups in total. The summed E-state index contributed by atoms with van der Waals surface area (Å²) in [6.45, 7) is 8.05. The van der Waals surface area contributed by atoms with Crippen LogP contribution in [0.2, 0.25) is 0 Å². The van der Waals surface area contributed by atoms with Gasteiger partial charge in [-0.05, 0) is 18.8 Å². The number of hydrogen-bond donors (Lipinski definition) is 2. The van der Waals surface area contributed by atoms with E-state index in [9.17, 15) is 4.79 Å². The highest BCUT2D eigenvalue weighted by atomic mass is 32.1. The molecule has 0 spiro atoms. The number of fused-ring (bicyclic) bond motifs is 2. The number of aromatic nitrogens is 5. The highest BCUT2D eigenvalue weighted by Crippen LogP contribution is 2.27. The van der Waals surface area contributed by atoms with E-state index >= 15 is 0 Å². The first kappa shape index (κ1) is 17.0. The molecule has 1 aliphatic heterocycles. The summed E-state index contributed by atoms with van der Waals surface area (Å²) in [6.07, 6.45) is 5.38. The van der Waals surface area contributed by atoms with Crippen LogP contribution in [0.1, 0.15) is 48.9 Å². The van der Waals surface area contributed by atoms with Gasteiger partial charge >= 0.3 is 0 Å². The SMILES string of the molecule is CC(C)(C)c1cn2nc(NC[C@@H]3CCn4ncc(C(N)=O)c4C3)sc2n1. The zero-order valence-electron chi connectivity index (χ0n) is 15.2. The van der Waals surface area contributed by atoms with E-state index in [1.807, 2.05) is 15.4 Å². The number of aryl methyl sites for hydroxylation is 1. The molecule has 1 aliphatic rings. The molecule has 8 nitrogen and oxygen atoms in total. The summed E-state index contributed by atoms with van der Waals surface area (Å²) < 4.78 is 3.73. The van der Waals surface area contributed by atoms with Gasteiger partial charge in [0.1, 0.15) is 0 Å². The third kappa shape index (κ3) is 3.07. The Balaban J connectivity index is 1.43. The minimum absolute atomic E-state index is 0.0180. The second-order valence-electron chi connectivity index (χ2n) is 7.84. The van der Waals surface area contributed by atoms with Crippen LogP contribution in [0.15, 0.2) is 12.4 Å². The van der Waals surface area contributed by atoms with Crippen molar-refractivity contribution in [3.63, 3.8) is 0 Å². The van der Waals surface area contributed by atoms with Crippen molar-refractivity contribution in [2.45, 2.75) is 45.6 Å². The van der Waals surface area contributed by atoms with E-state index in [0.717, 1.165) is 47.4 Å². The van der Waals surface area contributed by atoms with E-state index < -0.39 is 5.91 Å². The molecule has 1 atom stereocenters. The number of anilines is 1. The van der Waals surface area contributed by atoms with E-state index in [1.165, 1.54) is 0 Å². The largest absolute Gasteiger partial charge is 0.365 e. The molecule has 0 saturated carbocycles. The first-order chi connectivity index (χ1) is 12.3. The van der Waals surface area contributed by atoms with Crippen molar-refractivity contribution >= 4 is 27.3 Å². The lowest BCUT2D eigenvalue weighted by atomic mass is 9.93. The first-order valence-electron chi connectivity index (χ1n) is 8.76. The van der Waals surface area contributed by atoms with Crippen molar-refractivity contribution < 1.29 is 4.79 Å². The molecule has 0 radical (unpaired) electrons. The Labute approximate surface area is 155 Å². The summed E-state index contributed by atoms with van der Waals surface area (Å²) >= 11 is 1.56. The number of rotatable bonds is 4. The number of carbonyl (C=O) groups is 1. The minimum atomic E-state index is -0.407. The van der Waals surface area contributed by atoms with Gasteiger partial charge in [0.25, 0.3) is 5.91 Å². The molecule has 26 heavy (non-hydrogen) atoms. The number of imidazole rings is 1. The van der Waals surface area contributed by atoms with Crippen LogP contribution in [0.4, 0.5) is 5.13 Å². The second kappa shape index (κ2) is 6.08. The molecular formula is C17H23N7OS. The topological polar surface area (TPSA) is 103 Å². The number of nitrogens with zero attached hydrogens (tertiary/aromatic N) is 5. The van der Waals surface area contributed by atoms with Gasteiger partial charge in [0.2, 0.25) is 10.1 Å². The normalized spacial score (nSPS) is 17.4. The van der Waals surface area contributed by atoms with Crippen LogP contribution in [0.3, 0.4) is 0 Å². The van der Waals surface area contributed by atoms with Crippen molar-refractivity contribution in [2.24, 2.45) is 11.7 Å². The fourth-order valence-electron chi connectivity index (χ4n) is 3.24. The van der Waals surface area contributed by atoms with Gasteiger partial charge in [-0.3, -0.25) is 9.48 Å². The number of amides is 1. The monoisotopic (exact) mass is 373 g/mol. The lowest BCUT2D eigenvalue weighted by Crippen LogP contribution is -2.27. The third-order valence-electron chi connectivity index (χ3n) is 4.80. The Morgan fingerprint density at radius 2 is 2.27 bits per heavy atom. The molecule has 4 heterocycles. The highest BCUT2D eigenvalue weighted by molar-refractivity contribution is 7.20. The molecule has 3 aromatic rings. The molecule has 9 heteroatoms. The number of primary amides is 1. The second-order valence-corrected chi connectivity index (χ2v) is 8.80. The van der Waals surface area contributed by atoms with Crippen molar-refractivity contribution in [1.82, 2.24) is 24.4 Å². The maximum Gasteiger partial charge on any atom is 0.252 e. The smallest absolute Gasteiger partial charge is 0.252 e. The molecular weight excluding hydrogens is 350 g/mol.